The van der Waals surface area contributed by atoms with Crippen molar-refractivity contribution in [2.24, 2.45) is 0 Å². The predicted molar refractivity (Wildman–Crippen MR) is 282 cm³/mol. The molecule has 8 nitrogen and oxygen atoms in total. The summed E-state index contributed by atoms with van der Waals surface area (Å²) in [7, 11) is -1.77. The summed E-state index contributed by atoms with van der Waals surface area (Å²) in [4.78, 5) is 10.6. The van der Waals surface area contributed by atoms with Crippen molar-refractivity contribution in [2.45, 2.75) is 98.2 Å². The van der Waals surface area contributed by atoms with Crippen molar-refractivity contribution in [1.29, 1.82) is 0 Å². The van der Waals surface area contributed by atoms with Crippen molar-refractivity contribution in [3.8, 4) is 67.5 Å². The fraction of sp³-hybridized carbons (Fsp3) is 0.254. The molecule has 0 spiro atoms. The van der Waals surface area contributed by atoms with Crippen molar-refractivity contribution in [3.05, 3.63) is 157 Å². The van der Waals surface area contributed by atoms with Gasteiger partial charge in [0.25, 0.3) is 0 Å². The summed E-state index contributed by atoms with van der Waals surface area (Å²) in [5.41, 5.74) is 13.3. The molecule has 4 aromatic heterocycles. The van der Waals surface area contributed by atoms with E-state index in [0.717, 1.165) is 78.3 Å². The molecule has 0 saturated heterocycles. The zero-order valence-corrected chi connectivity index (χ0v) is 44.8. The quantitative estimate of drug-likeness (QED) is 0.126. The Morgan fingerprint density at radius 3 is 1.94 bits per heavy atom. The van der Waals surface area contributed by atoms with Gasteiger partial charge in [0, 0.05) is 49.5 Å². The first kappa shape index (κ1) is 47.6. The van der Waals surface area contributed by atoms with E-state index in [9.17, 15) is 5.11 Å². The molecule has 0 atom stereocenters. The van der Waals surface area contributed by atoms with Crippen LogP contribution in [0.4, 0.5) is 0 Å². The van der Waals surface area contributed by atoms with Gasteiger partial charge in [0.2, 0.25) is 0 Å². The number of oxazole rings is 1. The molecule has 352 valence electrons. The zero-order valence-electron chi connectivity index (χ0n) is 41.6. The molecular weight excluding hydrogens is 1050 g/mol. The van der Waals surface area contributed by atoms with Crippen molar-refractivity contribution >= 4 is 41.2 Å². The number of benzene rings is 6. The third-order valence-corrected chi connectivity index (χ3v) is 15.0. The van der Waals surface area contributed by atoms with Crippen LogP contribution in [0.25, 0.3) is 89.7 Å². The Balaban J connectivity index is 0.00000593. The maximum absolute atomic E-state index is 12.9. The molecule has 10 heteroatoms. The molecule has 0 aliphatic carbocycles. The molecule has 0 bridgehead atoms. The van der Waals surface area contributed by atoms with Gasteiger partial charge in [0.05, 0.1) is 35.9 Å². The van der Waals surface area contributed by atoms with Crippen LogP contribution in [0.1, 0.15) is 79.3 Å². The van der Waals surface area contributed by atoms with E-state index < -0.39 is 13.5 Å². The van der Waals surface area contributed by atoms with Gasteiger partial charge in [-0.1, -0.05) is 194 Å². The Hall–Kier alpha value is -6.41. The predicted octanol–water partition coefficient (Wildman–Crippen LogP) is 14.5. The number of pyridine rings is 1. The fourth-order valence-corrected chi connectivity index (χ4v) is 10.5. The number of aromatic hydroxyl groups is 1. The van der Waals surface area contributed by atoms with Crippen molar-refractivity contribution in [3.63, 3.8) is 0 Å². The van der Waals surface area contributed by atoms with E-state index in [0.29, 0.717) is 28.4 Å². The van der Waals surface area contributed by atoms with Gasteiger partial charge < -0.3 is 9.52 Å². The zero-order chi connectivity index (χ0) is 48.1. The van der Waals surface area contributed by atoms with E-state index in [1.165, 1.54) is 5.19 Å². The number of fused-ring (bicyclic) bond motifs is 4. The van der Waals surface area contributed by atoms with Gasteiger partial charge in [-0.15, -0.1) is 34.4 Å². The van der Waals surface area contributed by atoms with Crippen LogP contribution in [0.5, 0.6) is 5.75 Å². The summed E-state index contributed by atoms with van der Waals surface area (Å²) in [5.74, 6) is 1.85. The second kappa shape index (κ2) is 17.2. The fourth-order valence-electron chi connectivity index (χ4n) is 9.37. The number of hydrogen-bond donors (Lipinski definition) is 1. The van der Waals surface area contributed by atoms with Gasteiger partial charge in [0.1, 0.15) is 17.4 Å². The topological polar surface area (TPSA) is 94.3 Å². The third-order valence-electron chi connectivity index (χ3n) is 13.0. The summed E-state index contributed by atoms with van der Waals surface area (Å²) in [5, 5.41) is 23.4. The molecule has 6 aromatic carbocycles. The van der Waals surface area contributed by atoms with E-state index in [1.54, 1.807) is 0 Å². The van der Waals surface area contributed by atoms with E-state index >= 15 is 0 Å². The minimum absolute atomic E-state index is 0. The van der Waals surface area contributed by atoms with E-state index in [1.807, 2.05) is 22.7 Å². The molecule has 0 aliphatic rings. The normalized spacial score (nSPS) is 12.6. The van der Waals surface area contributed by atoms with Gasteiger partial charge >= 0.3 is 5.84 Å². The molecule has 0 fully saturated rings. The number of nitrogens with zero attached hydrogens (tertiary/aromatic N) is 6. The molecule has 0 radical (unpaired) electrons. The van der Waals surface area contributed by atoms with Crippen LogP contribution in [-0.4, -0.2) is 42.3 Å². The average Bonchev–Trinajstić information content (AvgIpc) is 4.00. The number of rotatable bonds is 7. The van der Waals surface area contributed by atoms with Crippen LogP contribution in [0.3, 0.4) is 0 Å². The molecule has 0 unspecified atom stereocenters. The number of phenols is 1. The maximum atomic E-state index is 12.9. The van der Waals surface area contributed by atoms with Crippen molar-refractivity contribution < 1.29 is 30.6 Å². The standard InChI is InChI=1S/C59H59N6O2Si.Pt/c1-57(2,3)41-31-39(30-40(32-41)46-33-38(28-29-60-46)36-20-15-13-16-21-36)43-24-19-25-48-51(43)61-54(64(48)47-27-26-42(68(10,11)12)34-44(47)37-22-17-14-18-23-37)45-35-49-53(50(52(45)66)58(4,5)6)67-56-63-62-55(65(49)56)59(7,8)9;/h13-29,31-35,66H,1-12H3;/q-1;. The van der Waals surface area contributed by atoms with Crippen LogP contribution < -0.4 is 5.19 Å². The molecule has 0 aliphatic heterocycles. The molecular formula is C59H59N6O2PtSi-. The van der Waals surface area contributed by atoms with Gasteiger partial charge in [-0.2, -0.15) is 0 Å². The van der Waals surface area contributed by atoms with Crippen LogP contribution in [-0.2, 0) is 37.3 Å². The molecule has 69 heavy (non-hydrogen) atoms. The number of imidazole rings is 1. The average molecular weight is 1110 g/mol. The number of phenolic OH excluding ortho intramolecular Hbond substituents is 1. The van der Waals surface area contributed by atoms with Gasteiger partial charge in [-0.05, 0) is 51.8 Å². The molecule has 0 amide bonds. The second-order valence-corrected chi connectivity index (χ2v) is 27.4. The minimum Gasteiger partial charge on any atom is -0.507 e. The Bertz CT molecular complexity index is 3560. The van der Waals surface area contributed by atoms with Gasteiger partial charge in [-0.3, -0.25) is 9.55 Å². The number of aromatic nitrogens is 6. The Morgan fingerprint density at radius 1 is 0.609 bits per heavy atom. The summed E-state index contributed by atoms with van der Waals surface area (Å²) < 4.78 is 10.8. The number of hydrogen-bond acceptors (Lipinski definition) is 6. The second-order valence-electron chi connectivity index (χ2n) is 22.3. The van der Waals surface area contributed by atoms with Gasteiger partial charge in [-0.25, -0.2) is 9.38 Å². The molecule has 0 saturated carbocycles. The summed E-state index contributed by atoms with van der Waals surface area (Å²) in [6, 6.07) is 48.9. The molecule has 4 heterocycles. The van der Waals surface area contributed by atoms with Crippen LogP contribution in [0, 0.1) is 6.07 Å². The van der Waals surface area contributed by atoms with E-state index in [-0.39, 0.29) is 37.6 Å². The minimum atomic E-state index is -1.77. The van der Waals surface area contributed by atoms with Crippen LogP contribution in [0.2, 0.25) is 19.6 Å². The van der Waals surface area contributed by atoms with E-state index in [4.69, 9.17) is 14.4 Å². The summed E-state index contributed by atoms with van der Waals surface area (Å²) in [6.45, 7) is 26.5. The van der Waals surface area contributed by atoms with Crippen LogP contribution >= 0.6 is 0 Å². The summed E-state index contributed by atoms with van der Waals surface area (Å²) >= 11 is 0. The third kappa shape index (κ3) is 8.59. The van der Waals surface area contributed by atoms with Gasteiger partial charge in [0.15, 0.2) is 5.58 Å². The largest absolute Gasteiger partial charge is 0.507 e. The molecule has 10 aromatic rings. The first-order valence-corrected chi connectivity index (χ1v) is 27.0. The van der Waals surface area contributed by atoms with E-state index in [2.05, 4.69) is 218 Å². The summed E-state index contributed by atoms with van der Waals surface area (Å²) in [6.07, 6.45) is 1.88. The first-order valence-electron chi connectivity index (χ1n) is 23.5. The first-order chi connectivity index (χ1) is 32.2. The molecule has 1 N–H and O–H groups in total. The SMILES string of the molecule is CC(C)(C)c1cc(-c2cc(-c3ccccc3)ccn2)[c-]c(-c2cccc3c2nc(-c2cc4c(oc5nnc(C(C)(C)C)n54)c(C(C)(C)C)c2O)n3-c2ccc([Si](C)(C)C)cc2-c2ccccc2)c1.[Pt]. The Morgan fingerprint density at radius 2 is 1.29 bits per heavy atom. The van der Waals surface area contributed by atoms with Crippen LogP contribution in [0.15, 0.2) is 138 Å². The monoisotopic (exact) mass is 1110 g/mol. The smallest absolute Gasteiger partial charge is 0.327 e. The Kier molecular flexibility index (Phi) is 11.9. The maximum Gasteiger partial charge on any atom is 0.327 e. The van der Waals surface area contributed by atoms with Crippen molar-refractivity contribution in [2.75, 3.05) is 0 Å². The number of para-hydroxylation sites is 1. The molecule has 10 rings (SSSR count). The Labute approximate surface area is 420 Å². The van der Waals surface area contributed by atoms with Crippen molar-refractivity contribution in [1.82, 2.24) is 29.1 Å².